The van der Waals surface area contributed by atoms with E-state index in [0.717, 1.165) is 28.2 Å². The Morgan fingerprint density at radius 3 is 2.17 bits per heavy atom. The topological polar surface area (TPSA) is 57.4 Å². The van der Waals surface area contributed by atoms with E-state index in [0.29, 0.717) is 6.54 Å². The minimum Gasteiger partial charge on any atom is -0.497 e. The van der Waals surface area contributed by atoms with Crippen LogP contribution in [0.15, 0.2) is 36.7 Å². The molecule has 0 amide bonds. The number of ether oxygens (including phenoxy) is 2. The van der Waals surface area contributed by atoms with Gasteiger partial charge in [-0.05, 0) is 29.3 Å². The van der Waals surface area contributed by atoms with E-state index in [1.165, 1.54) is 0 Å². The van der Waals surface area contributed by atoms with Crippen LogP contribution in [0.5, 0.6) is 11.5 Å². The molecule has 0 aliphatic heterocycles. The van der Waals surface area contributed by atoms with Crippen LogP contribution >= 0.6 is 0 Å². The van der Waals surface area contributed by atoms with Gasteiger partial charge >= 0.3 is 0 Å². The molecule has 1 aromatic heterocycles. The molecule has 0 aliphatic rings. The van der Waals surface area contributed by atoms with Crippen molar-refractivity contribution in [2.75, 3.05) is 14.2 Å². The molecular weight excluding hydrogens is 228 g/mol. The Morgan fingerprint density at radius 1 is 0.944 bits per heavy atom. The minimum atomic E-state index is 0.474. The minimum absolute atomic E-state index is 0.474. The van der Waals surface area contributed by atoms with Crippen LogP contribution in [-0.2, 0) is 6.54 Å². The third-order valence-electron chi connectivity index (χ3n) is 2.72. The van der Waals surface area contributed by atoms with Crippen molar-refractivity contribution in [1.29, 1.82) is 0 Å². The predicted molar refractivity (Wildman–Crippen MR) is 70.7 cm³/mol. The van der Waals surface area contributed by atoms with Crippen molar-refractivity contribution in [2.45, 2.75) is 6.54 Å². The molecule has 18 heavy (non-hydrogen) atoms. The second-order valence-corrected chi connectivity index (χ2v) is 3.89. The van der Waals surface area contributed by atoms with Crippen LogP contribution in [0.25, 0.3) is 11.1 Å². The van der Waals surface area contributed by atoms with Crippen LogP contribution in [0.1, 0.15) is 5.56 Å². The lowest BCUT2D eigenvalue weighted by Crippen LogP contribution is -1.97. The quantitative estimate of drug-likeness (QED) is 0.896. The average Bonchev–Trinajstić information content (AvgIpc) is 2.46. The molecule has 0 unspecified atom stereocenters. The number of methoxy groups -OCH3 is 2. The second kappa shape index (κ2) is 5.51. The van der Waals surface area contributed by atoms with Crippen molar-refractivity contribution >= 4 is 0 Å². The van der Waals surface area contributed by atoms with Gasteiger partial charge in [0.1, 0.15) is 11.5 Å². The first-order valence-electron chi connectivity index (χ1n) is 5.64. The molecule has 0 saturated carbocycles. The van der Waals surface area contributed by atoms with Crippen LogP contribution < -0.4 is 15.2 Å². The highest BCUT2D eigenvalue weighted by atomic mass is 16.5. The van der Waals surface area contributed by atoms with E-state index in [1.54, 1.807) is 26.6 Å². The van der Waals surface area contributed by atoms with E-state index in [9.17, 15) is 0 Å². The molecular formula is C14H16N2O2. The van der Waals surface area contributed by atoms with E-state index >= 15 is 0 Å². The van der Waals surface area contributed by atoms with Crippen molar-refractivity contribution in [1.82, 2.24) is 4.98 Å². The van der Waals surface area contributed by atoms with Gasteiger partial charge in [0, 0.05) is 30.6 Å². The molecule has 0 bridgehead atoms. The maximum Gasteiger partial charge on any atom is 0.123 e. The van der Waals surface area contributed by atoms with Crippen LogP contribution in [0.3, 0.4) is 0 Å². The van der Waals surface area contributed by atoms with Gasteiger partial charge in [-0.15, -0.1) is 0 Å². The number of benzene rings is 1. The zero-order valence-corrected chi connectivity index (χ0v) is 10.5. The molecule has 4 nitrogen and oxygen atoms in total. The van der Waals surface area contributed by atoms with Gasteiger partial charge in [-0.25, -0.2) is 0 Å². The summed E-state index contributed by atoms with van der Waals surface area (Å²) in [6.45, 7) is 0.474. The van der Waals surface area contributed by atoms with Gasteiger partial charge in [0.15, 0.2) is 0 Å². The summed E-state index contributed by atoms with van der Waals surface area (Å²) < 4.78 is 10.5. The first kappa shape index (κ1) is 12.4. The highest BCUT2D eigenvalue weighted by Crippen LogP contribution is 2.29. The van der Waals surface area contributed by atoms with Crippen molar-refractivity contribution in [3.63, 3.8) is 0 Å². The van der Waals surface area contributed by atoms with Crippen molar-refractivity contribution in [2.24, 2.45) is 5.73 Å². The lowest BCUT2D eigenvalue weighted by Gasteiger charge is -2.09. The number of rotatable bonds is 4. The van der Waals surface area contributed by atoms with Gasteiger partial charge in [0.2, 0.25) is 0 Å². The fourth-order valence-corrected chi connectivity index (χ4v) is 1.73. The number of hydrogen-bond donors (Lipinski definition) is 1. The van der Waals surface area contributed by atoms with Crippen LogP contribution in [0.4, 0.5) is 0 Å². The summed E-state index contributed by atoms with van der Waals surface area (Å²) in [6, 6.07) is 7.74. The van der Waals surface area contributed by atoms with Gasteiger partial charge in [0.05, 0.1) is 14.2 Å². The van der Waals surface area contributed by atoms with Crippen LogP contribution in [0.2, 0.25) is 0 Å². The van der Waals surface area contributed by atoms with Crippen molar-refractivity contribution < 1.29 is 9.47 Å². The number of hydrogen-bond acceptors (Lipinski definition) is 4. The van der Waals surface area contributed by atoms with Gasteiger partial charge in [0.25, 0.3) is 0 Å². The first-order chi connectivity index (χ1) is 8.76. The summed E-state index contributed by atoms with van der Waals surface area (Å²) in [5.41, 5.74) is 8.60. The standard InChI is InChI=1S/C14H16N2O2/c1-17-13-4-11(5-14(6-13)18-2)12-3-10(7-15)8-16-9-12/h3-6,8-9H,7,15H2,1-2H3. The Balaban J connectivity index is 2.48. The monoisotopic (exact) mass is 244 g/mol. The summed E-state index contributed by atoms with van der Waals surface area (Å²) in [5.74, 6) is 1.50. The molecule has 94 valence electrons. The Morgan fingerprint density at radius 2 is 1.61 bits per heavy atom. The molecule has 0 aliphatic carbocycles. The number of nitrogens with two attached hydrogens (primary N) is 1. The Bertz CT molecular complexity index is 519. The Kier molecular flexibility index (Phi) is 3.79. The fraction of sp³-hybridized carbons (Fsp3) is 0.214. The Labute approximate surface area is 106 Å². The molecule has 0 saturated heterocycles. The normalized spacial score (nSPS) is 10.2. The molecule has 2 rings (SSSR count). The molecule has 1 heterocycles. The number of aromatic nitrogens is 1. The number of nitrogens with zero attached hydrogens (tertiary/aromatic N) is 1. The van der Waals surface area contributed by atoms with Crippen molar-refractivity contribution in [3.05, 3.63) is 42.2 Å². The highest BCUT2D eigenvalue weighted by Gasteiger charge is 2.05. The fourth-order valence-electron chi connectivity index (χ4n) is 1.73. The van der Waals surface area contributed by atoms with E-state index < -0.39 is 0 Å². The third kappa shape index (κ3) is 2.60. The van der Waals surface area contributed by atoms with Gasteiger partial charge in [-0.3, -0.25) is 4.98 Å². The molecule has 2 aromatic rings. The largest absolute Gasteiger partial charge is 0.497 e. The molecule has 0 spiro atoms. The molecule has 0 fully saturated rings. The Hall–Kier alpha value is -2.07. The second-order valence-electron chi connectivity index (χ2n) is 3.89. The SMILES string of the molecule is COc1cc(OC)cc(-c2cncc(CN)c2)c1. The third-order valence-corrected chi connectivity index (χ3v) is 2.72. The first-order valence-corrected chi connectivity index (χ1v) is 5.64. The van der Waals surface area contributed by atoms with E-state index in [2.05, 4.69) is 4.98 Å². The van der Waals surface area contributed by atoms with E-state index in [1.807, 2.05) is 24.3 Å². The smallest absolute Gasteiger partial charge is 0.123 e. The molecule has 4 heteroatoms. The van der Waals surface area contributed by atoms with Gasteiger partial charge in [-0.1, -0.05) is 0 Å². The molecule has 0 atom stereocenters. The average molecular weight is 244 g/mol. The lowest BCUT2D eigenvalue weighted by molar-refractivity contribution is 0.394. The van der Waals surface area contributed by atoms with Gasteiger partial charge in [-0.2, -0.15) is 0 Å². The molecule has 2 N–H and O–H groups in total. The zero-order chi connectivity index (χ0) is 13.0. The van der Waals surface area contributed by atoms with Crippen molar-refractivity contribution in [3.8, 4) is 22.6 Å². The molecule has 1 aromatic carbocycles. The van der Waals surface area contributed by atoms with Crippen LogP contribution in [-0.4, -0.2) is 19.2 Å². The summed E-state index contributed by atoms with van der Waals surface area (Å²) in [4.78, 5) is 4.18. The number of pyridine rings is 1. The summed E-state index contributed by atoms with van der Waals surface area (Å²) in [7, 11) is 3.26. The maximum absolute atomic E-state index is 5.62. The summed E-state index contributed by atoms with van der Waals surface area (Å²) >= 11 is 0. The van der Waals surface area contributed by atoms with E-state index in [4.69, 9.17) is 15.2 Å². The summed E-state index contributed by atoms with van der Waals surface area (Å²) in [6.07, 6.45) is 3.56. The van der Waals surface area contributed by atoms with E-state index in [-0.39, 0.29) is 0 Å². The maximum atomic E-state index is 5.62. The molecule has 0 radical (unpaired) electrons. The zero-order valence-electron chi connectivity index (χ0n) is 10.5. The van der Waals surface area contributed by atoms with Gasteiger partial charge < -0.3 is 15.2 Å². The van der Waals surface area contributed by atoms with Crippen LogP contribution in [0, 0.1) is 0 Å². The highest BCUT2D eigenvalue weighted by molar-refractivity contribution is 5.67. The predicted octanol–water partition coefficient (Wildman–Crippen LogP) is 2.22. The lowest BCUT2D eigenvalue weighted by atomic mass is 10.1. The summed E-state index contributed by atoms with van der Waals surface area (Å²) in [5, 5.41) is 0.